The van der Waals surface area contributed by atoms with Gasteiger partial charge in [-0.25, -0.2) is 0 Å². The summed E-state index contributed by atoms with van der Waals surface area (Å²) in [4.78, 5) is 18.1. The van der Waals surface area contributed by atoms with Gasteiger partial charge in [-0.1, -0.05) is 0 Å². The Hall–Kier alpha value is -2.09. The Morgan fingerprint density at radius 1 is 1.55 bits per heavy atom. The largest absolute Gasteiger partial charge is 0.492 e. The minimum Gasteiger partial charge on any atom is -0.492 e. The Balaban J connectivity index is 2.25. The monoisotopic (exact) mass is 273 g/mol. The fourth-order valence-electron chi connectivity index (χ4n) is 2.44. The van der Waals surface area contributed by atoms with Crippen LogP contribution < -0.4 is 4.74 Å². The van der Waals surface area contributed by atoms with E-state index in [1.54, 1.807) is 6.07 Å². The van der Waals surface area contributed by atoms with E-state index in [9.17, 15) is 4.79 Å². The summed E-state index contributed by atoms with van der Waals surface area (Å²) < 4.78 is 5.47. The summed E-state index contributed by atoms with van der Waals surface area (Å²) in [6.07, 6.45) is 4.13. The molecular formula is C15H19N3O2. The molecule has 20 heavy (non-hydrogen) atoms. The molecule has 1 aromatic rings. The molecule has 0 saturated carbocycles. The number of piperidine rings is 1. The molecule has 1 unspecified atom stereocenters. The van der Waals surface area contributed by atoms with E-state index in [-0.39, 0.29) is 11.9 Å². The maximum atomic E-state index is 12.0. The summed E-state index contributed by atoms with van der Waals surface area (Å²) in [5, 5.41) is 9.03. The van der Waals surface area contributed by atoms with Gasteiger partial charge < -0.3 is 9.64 Å². The zero-order chi connectivity index (χ0) is 14.5. The number of amides is 1. The van der Waals surface area contributed by atoms with E-state index in [1.807, 2.05) is 18.7 Å². The highest BCUT2D eigenvalue weighted by Crippen LogP contribution is 2.27. The normalized spacial score (nSPS) is 16.6. The molecule has 1 fully saturated rings. The predicted molar refractivity (Wildman–Crippen MR) is 74.1 cm³/mol. The van der Waals surface area contributed by atoms with Gasteiger partial charge in [-0.3, -0.25) is 9.78 Å². The van der Waals surface area contributed by atoms with Crippen molar-refractivity contribution >= 4 is 5.91 Å². The zero-order valence-corrected chi connectivity index (χ0v) is 11.9. The second-order valence-electron chi connectivity index (χ2n) is 4.87. The van der Waals surface area contributed by atoms with Crippen LogP contribution in [0.2, 0.25) is 0 Å². The zero-order valence-electron chi connectivity index (χ0n) is 11.9. The lowest BCUT2D eigenvalue weighted by molar-refractivity contribution is -0.135. The number of pyridine rings is 1. The molecule has 1 atom stereocenters. The summed E-state index contributed by atoms with van der Waals surface area (Å²) in [5.41, 5.74) is 1.19. The van der Waals surface area contributed by atoms with Crippen molar-refractivity contribution in [3.63, 3.8) is 0 Å². The quantitative estimate of drug-likeness (QED) is 0.845. The average molecular weight is 273 g/mol. The molecule has 0 bridgehead atoms. The van der Waals surface area contributed by atoms with Crippen molar-refractivity contribution < 1.29 is 9.53 Å². The van der Waals surface area contributed by atoms with Crippen LogP contribution in [-0.4, -0.2) is 28.9 Å². The van der Waals surface area contributed by atoms with E-state index in [0.717, 1.165) is 25.1 Å². The molecule has 2 heterocycles. The molecule has 1 aromatic heterocycles. The number of hydrogen-bond acceptors (Lipinski definition) is 4. The standard InChI is InChI=1S/C15H19N3O2/c1-3-20-14-8-13(17-10-12(14)9-16)11(2)18-7-5-4-6-15(18)19/h8,10-11H,3-7H2,1-2H3. The summed E-state index contributed by atoms with van der Waals surface area (Å²) in [7, 11) is 0. The third-order valence-electron chi connectivity index (χ3n) is 3.56. The second-order valence-corrected chi connectivity index (χ2v) is 4.87. The van der Waals surface area contributed by atoms with Crippen LogP contribution in [0.5, 0.6) is 5.75 Å². The molecule has 1 aliphatic heterocycles. The van der Waals surface area contributed by atoms with Gasteiger partial charge >= 0.3 is 0 Å². The number of nitriles is 1. The molecule has 5 heteroatoms. The smallest absolute Gasteiger partial charge is 0.223 e. The minimum atomic E-state index is -0.0882. The van der Waals surface area contributed by atoms with E-state index >= 15 is 0 Å². The molecule has 0 aliphatic carbocycles. The van der Waals surface area contributed by atoms with Crippen molar-refractivity contribution in [3.8, 4) is 11.8 Å². The van der Waals surface area contributed by atoms with Gasteiger partial charge in [0, 0.05) is 25.2 Å². The Morgan fingerprint density at radius 3 is 3.00 bits per heavy atom. The van der Waals surface area contributed by atoms with Crippen LogP contribution >= 0.6 is 0 Å². The van der Waals surface area contributed by atoms with Gasteiger partial charge in [-0.05, 0) is 26.7 Å². The average Bonchev–Trinajstić information content (AvgIpc) is 2.47. The van der Waals surface area contributed by atoms with Crippen LogP contribution in [0.1, 0.15) is 50.4 Å². The van der Waals surface area contributed by atoms with Gasteiger partial charge in [0.15, 0.2) is 0 Å². The van der Waals surface area contributed by atoms with E-state index in [4.69, 9.17) is 10.00 Å². The highest BCUT2D eigenvalue weighted by atomic mass is 16.5. The molecule has 0 aromatic carbocycles. The lowest BCUT2D eigenvalue weighted by atomic mass is 10.1. The van der Waals surface area contributed by atoms with E-state index in [2.05, 4.69) is 11.1 Å². The number of likely N-dealkylation sites (tertiary alicyclic amines) is 1. The van der Waals surface area contributed by atoms with Gasteiger partial charge in [0.25, 0.3) is 0 Å². The third kappa shape index (κ3) is 2.90. The number of nitrogens with zero attached hydrogens (tertiary/aromatic N) is 3. The first-order valence-corrected chi connectivity index (χ1v) is 6.99. The maximum absolute atomic E-state index is 12.0. The Bertz CT molecular complexity index is 536. The summed E-state index contributed by atoms with van der Waals surface area (Å²) in [6.45, 7) is 5.10. The lowest BCUT2D eigenvalue weighted by Crippen LogP contribution is -2.37. The molecule has 1 aliphatic rings. The Labute approximate surface area is 119 Å². The Morgan fingerprint density at radius 2 is 2.35 bits per heavy atom. The maximum Gasteiger partial charge on any atom is 0.223 e. The van der Waals surface area contributed by atoms with E-state index in [1.165, 1.54) is 6.20 Å². The van der Waals surface area contributed by atoms with Gasteiger partial charge in [0.1, 0.15) is 17.4 Å². The molecule has 1 saturated heterocycles. The fourth-order valence-corrected chi connectivity index (χ4v) is 2.44. The van der Waals surface area contributed by atoms with Gasteiger partial charge in [-0.2, -0.15) is 5.26 Å². The van der Waals surface area contributed by atoms with Crippen LogP contribution in [-0.2, 0) is 4.79 Å². The first-order valence-electron chi connectivity index (χ1n) is 6.99. The minimum absolute atomic E-state index is 0.0882. The molecule has 0 spiro atoms. The Kier molecular flexibility index (Phi) is 4.57. The van der Waals surface area contributed by atoms with Crippen LogP contribution in [0.15, 0.2) is 12.3 Å². The molecule has 2 rings (SSSR count). The number of hydrogen-bond donors (Lipinski definition) is 0. The number of carbonyl (C=O) groups excluding carboxylic acids is 1. The molecule has 1 amide bonds. The molecule has 0 N–H and O–H groups in total. The van der Waals surface area contributed by atoms with E-state index < -0.39 is 0 Å². The van der Waals surface area contributed by atoms with Crippen LogP contribution in [0.4, 0.5) is 0 Å². The number of rotatable bonds is 4. The SMILES string of the molecule is CCOc1cc(C(C)N2CCCCC2=O)ncc1C#N. The van der Waals surface area contributed by atoms with Crippen molar-refractivity contribution in [2.45, 2.75) is 39.2 Å². The lowest BCUT2D eigenvalue weighted by Gasteiger charge is -2.32. The van der Waals surface area contributed by atoms with Crippen molar-refractivity contribution in [2.24, 2.45) is 0 Å². The predicted octanol–water partition coefficient (Wildman–Crippen LogP) is 2.43. The number of aromatic nitrogens is 1. The summed E-state index contributed by atoms with van der Waals surface area (Å²) >= 11 is 0. The summed E-state index contributed by atoms with van der Waals surface area (Å²) in [6, 6.07) is 3.75. The van der Waals surface area contributed by atoms with Gasteiger partial charge in [0.05, 0.1) is 18.3 Å². The van der Waals surface area contributed by atoms with Crippen molar-refractivity contribution in [1.29, 1.82) is 5.26 Å². The molecule has 106 valence electrons. The van der Waals surface area contributed by atoms with Crippen LogP contribution in [0.3, 0.4) is 0 Å². The van der Waals surface area contributed by atoms with Crippen molar-refractivity contribution in [2.75, 3.05) is 13.2 Å². The van der Waals surface area contributed by atoms with Gasteiger partial charge in [0.2, 0.25) is 5.91 Å². The van der Waals surface area contributed by atoms with E-state index in [0.29, 0.717) is 24.3 Å². The molecular weight excluding hydrogens is 254 g/mol. The summed E-state index contributed by atoms with van der Waals surface area (Å²) in [5.74, 6) is 0.712. The van der Waals surface area contributed by atoms with Crippen molar-refractivity contribution in [3.05, 3.63) is 23.5 Å². The highest BCUT2D eigenvalue weighted by Gasteiger charge is 2.25. The van der Waals surface area contributed by atoms with Crippen molar-refractivity contribution in [1.82, 2.24) is 9.88 Å². The van der Waals surface area contributed by atoms with Gasteiger partial charge in [-0.15, -0.1) is 0 Å². The number of ether oxygens (including phenoxy) is 1. The topological polar surface area (TPSA) is 66.2 Å². The van der Waals surface area contributed by atoms with Crippen LogP contribution in [0, 0.1) is 11.3 Å². The fraction of sp³-hybridized carbons (Fsp3) is 0.533. The third-order valence-corrected chi connectivity index (χ3v) is 3.56. The first kappa shape index (κ1) is 14.3. The number of carbonyl (C=O) groups is 1. The van der Waals surface area contributed by atoms with Crippen LogP contribution in [0.25, 0.3) is 0 Å². The second kappa shape index (κ2) is 6.38. The molecule has 0 radical (unpaired) electrons. The molecule has 5 nitrogen and oxygen atoms in total. The first-order chi connectivity index (χ1) is 9.67. The highest BCUT2D eigenvalue weighted by molar-refractivity contribution is 5.77.